The molecule has 0 aliphatic rings. The molecule has 0 aliphatic heterocycles. The summed E-state index contributed by atoms with van der Waals surface area (Å²) in [6.45, 7) is 8.58. The van der Waals surface area contributed by atoms with Crippen molar-refractivity contribution in [1.29, 1.82) is 0 Å². The average Bonchev–Trinajstić information content (AvgIpc) is 2.48. The molecule has 0 saturated heterocycles. The molecule has 1 aromatic heterocycles. The Kier molecular flexibility index (Phi) is 5.58. The number of benzene rings is 1. The number of aromatic nitrogens is 1. The van der Waals surface area contributed by atoms with Crippen LogP contribution in [-0.4, -0.2) is 15.9 Å². The van der Waals surface area contributed by atoms with Gasteiger partial charge in [-0.1, -0.05) is 54.0 Å². The fraction of sp³-hybridized carbons (Fsp3) is 0.368. The lowest BCUT2D eigenvalue weighted by Crippen LogP contribution is -2.22. The Morgan fingerprint density at radius 3 is 2.39 bits per heavy atom. The molecule has 23 heavy (non-hydrogen) atoms. The summed E-state index contributed by atoms with van der Waals surface area (Å²) >= 11 is 3.48. The lowest BCUT2D eigenvalue weighted by molar-refractivity contribution is 0.305. The first-order chi connectivity index (χ1) is 10.8. The summed E-state index contributed by atoms with van der Waals surface area (Å²) in [5, 5.41) is 13.1. The van der Waals surface area contributed by atoms with E-state index >= 15 is 0 Å². The van der Waals surface area contributed by atoms with Crippen LogP contribution in [0.1, 0.15) is 49.9 Å². The zero-order valence-electron chi connectivity index (χ0n) is 14.0. The molecule has 2 rings (SSSR count). The molecule has 0 radical (unpaired) electrons. The van der Waals surface area contributed by atoms with E-state index in [1.807, 2.05) is 19.1 Å². The second-order valence-corrected chi connectivity index (χ2v) is 7.82. The second kappa shape index (κ2) is 7.26. The molecule has 0 fully saturated rings. The van der Waals surface area contributed by atoms with Crippen molar-refractivity contribution in [3.8, 4) is 0 Å². The van der Waals surface area contributed by atoms with Gasteiger partial charge in [0.15, 0.2) is 0 Å². The average molecular weight is 375 g/mol. The summed E-state index contributed by atoms with van der Waals surface area (Å²) in [6.07, 6.45) is 2.42. The summed E-state index contributed by atoms with van der Waals surface area (Å²) in [7, 11) is 0. The molecular formula is C19H23BrN2O. The van der Waals surface area contributed by atoms with E-state index in [0.29, 0.717) is 12.1 Å². The topological polar surface area (TPSA) is 45.5 Å². The maximum absolute atomic E-state index is 9.54. The minimum Gasteiger partial charge on any atom is -0.411 e. The van der Waals surface area contributed by atoms with Crippen molar-refractivity contribution >= 4 is 21.6 Å². The van der Waals surface area contributed by atoms with E-state index in [1.54, 1.807) is 6.20 Å². The van der Waals surface area contributed by atoms with Gasteiger partial charge in [0.25, 0.3) is 0 Å². The van der Waals surface area contributed by atoms with Crippen LogP contribution in [0, 0.1) is 12.3 Å². The van der Waals surface area contributed by atoms with Crippen LogP contribution in [-0.2, 0) is 0 Å². The first-order valence-electron chi connectivity index (χ1n) is 7.70. The minimum absolute atomic E-state index is 0.0475. The third-order valence-electron chi connectivity index (χ3n) is 4.07. The molecule has 1 atom stereocenters. The zero-order valence-corrected chi connectivity index (χ0v) is 15.6. The van der Waals surface area contributed by atoms with Crippen LogP contribution >= 0.6 is 15.9 Å². The number of hydrogen-bond acceptors (Lipinski definition) is 3. The molecule has 0 amide bonds. The molecule has 3 nitrogen and oxygen atoms in total. The number of aryl methyl sites for hydroxylation is 1. The summed E-state index contributed by atoms with van der Waals surface area (Å²) in [4.78, 5) is 4.21. The SMILES string of the molecule is Cc1cc(C(CC(c2ccc(Br)cc2)C(C)(C)C)=NO)ccn1. The van der Waals surface area contributed by atoms with E-state index in [1.165, 1.54) is 5.56 Å². The van der Waals surface area contributed by atoms with Gasteiger partial charge in [-0.15, -0.1) is 0 Å². The Morgan fingerprint density at radius 1 is 1.22 bits per heavy atom. The van der Waals surface area contributed by atoms with Gasteiger partial charge in [0.1, 0.15) is 0 Å². The van der Waals surface area contributed by atoms with E-state index in [4.69, 9.17) is 0 Å². The first-order valence-corrected chi connectivity index (χ1v) is 8.50. The van der Waals surface area contributed by atoms with Crippen LogP contribution < -0.4 is 0 Å². The monoisotopic (exact) mass is 374 g/mol. The van der Waals surface area contributed by atoms with E-state index in [2.05, 4.69) is 71.1 Å². The van der Waals surface area contributed by atoms with Gasteiger partial charge in [-0.2, -0.15) is 0 Å². The summed E-state index contributed by atoms with van der Waals surface area (Å²) in [6, 6.07) is 12.2. The first kappa shape index (κ1) is 17.7. The van der Waals surface area contributed by atoms with Crippen molar-refractivity contribution in [3.05, 3.63) is 63.9 Å². The van der Waals surface area contributed by atoms with Crippen molar-refractivity contribution in [3.63, 3.8) is 0 Å². The standard InChI is InChI=1S/C19H23BrN2O/c1-13-11-15(9-10-21-13)18(22-23)12-17(19(2,3)4)14-5-7-16(20)8-6-14/h5-11,17,23H,12H2,1-4H3. The Bertz CT molecular complexity index is 687. The maximum Gasteiger partial charge on any atom is 0.0875 e. The summed E-state index contributed by atoms with van der Waals surface area (Å²) < 4.78 is 1.06. The van der Waals surface area contributed by atoms with Crippen molar-refractivity contribution in [2.75, 3.05) is 0 Å². The van der Waals surface area contributed by atoms with E-state index < -0.39 is 0 Å². The lowest BCUT2D eigenvalue weighted by Gasteiger charge is -2.31. The molecule has 0 aliphatic carbocycles. The quantitative estimate of drug-likeness (QED) is 0.433. The number of hydrogen-bond donors (Lipinski definition) is 1. The molecule has 122 valence electrons. The van der Waals surface area contributed by atoms with Crippen molar-refractivity contribution in [2.45, 2.75) is 40.0 Å². The molecule has 0 saturated carbocycles. The van der Waals surface area contributed by atoms with Gasteiger partial charge < -0.3 is 5.21 Å². The Morgan fingerprint density at radius 2 is 1.87 bits per heavy atom. The molecule has 0 bridgehead atoms. The molecule has 1 N–H and O–H groups in total. The van der Waals surface area contributed by atoms with Crippen LogP contribution in [0.3, 0.4) is 0 Å². The van der Waals surface area contributed by atoms with Crippen molar-refractivity contribution < 1.29 is 5.21 Å². The predicted octanol–water partition coefficient (Wildman–Crippen LogP) is 5.55. The number of halogens is 1. The highest BCUT2D eigenvalue weighted by atomic mass is 79.9. The molecule has 1 heterocycles. The smallest absolute Gasteiger partial charge is 0.0875 e. The van der Waals surface area contributed by atoms with Crippen LogP contribution in [0.25, 0.3) is 0 Å². The van der Waals surface area contributed by atoms with Crippen LogP contribution in [0.2, 0.25) is 0 Å². The van der Waals surface area contributed by atoms with E-state index in [-0.39, 0.29) is 11.3 Å². The number of oxime groups is 1. The van der Waals surface area contributed by atoms with Crippen LogP contribution in [0.15, 0.2) is 52.2 Å². The summed E-state index contributed by atoms with van der Waals surface area (Å²) in [5.74, 6) is 0.245. The van der Waals surface area contributed by atoms with E-state index in [0.717, 1.165) is 15.7 Å². The van der Waals surface area contributed by atoms with Crippen LogP contribution in [0.5, 0.6) is 0 Å². The number of rotatable bonds is 4. The third-order valence-corrected chi connectivity index (χ3v) is 4.59. The lowest BCUT2D eigenvalue weighted by atomic mass is 9.73. The molecule has 1 unspecified atom stereocenters. The largest absolute Gasteiger partial charge is 0.411 e. The Hall–Kier alpha value is -1.68. The molecule has 2 aromatic rings. The number of pyridine rings is 1. The van der Waals surface area contributed by atoms with Gasteiger partial charge in [-0.05, 0) is 48.1 Å². The third kappa shape index (κ3) is 4.64. The highest BCUT2D eigenvalue weighted by Gasteiger charge is 2.28. The van der Waals surface area contributed by atoms with Crippen LogP contribution in [0.4, 0.5) is 0 Å². The van der Waals surface area contributed by atoms with Gasteiger partial charge in [-0.25, -0.2) is 0 Å². The zero-order chi connectivity index (χ0) is 17.0. The van der Waals surface area contributed by atoms with Crippen molar-refractivity contribution in [1.82, 2.24) is 4.98 Å². The molecule has 0 spiro atoms. The Labute approximate surface area is 146 Å². The minimum atomic E-state index is 0.0475. The summed E-state index contributed by atoms with van der Waals surface area (Å²) in [5.41, 5.74) is 3.82. The number of nitrogens with zero attached hydrogens (tertiary/aromatic N) is 2. The van der Waals surface area contributed by atoms with E-state index in [9.17, 15) is 5.21 Å². The molecule has 4 heteroatoms. The van der Waals surface area contributed by atoms with Crippen molar-refractivity contribution in [2.24, 2.45) is 10.6 Å². The highest BCUT2D eigenvalue weighted by molar-refractivity contribution is 9.10. The van der Waals surface area contributed by atoms with Gasteiger partial charge in [0.2, 0.25) is 0 Å². The fourth-order valence-corrected chi connectivity index (χ4v) is 3.02. The highest BCUT2D eigenvalue weighted by Crippen LogP contribution is 2.39. The van der Waals surface area contributed by atoms with Gasteiger partial charge in [0.05, 0.1) is 5.71 Å². The maximum atomic E-state index is 9.54. The normalized spacial score (nSPS) is 13.9. The van der Waals surface area contributed by atoms with Gasteiger partial charge in [-0.3, -0.25) is 4.98 Å². The van der Waals surface area contributed by atoms with Gasteiger partial charge in [0, 0.05) is 28.3 Å². The second-order valence-electron chi connectivity index (χ2n) is 6.91. The van der Waals surface area contributed by atoms with Gasteiger partial charge >= 0.3 is 0 Å². The Balaban J connectivity index is 2.35. The predicted molar refractivity (Wildman–Crippen MR) is 98.3 cm³/mol. The fourth-order valence-electron chi connectivity index (χ4n) is 2.75. The molecular weight excluding hydrogens is 352 g/mol. The molecule has 1 aromatic carbocycles.